The van der Waals surface area contributed by atoms with Gasteiger partial charge in [0.25, 0.3) is 5.91 Å². The Hall–Kier alpha value is -2.06. The summed E-state index contributed by atoms with van der Waals surface area (Å²) < 4.78 is 30.2. The SMILES string of the molecule is O=C(Nc1ccon1)c1ccc(N2CCCCS2(=O)=O)cc1Cl. The number of hydrogen-bond acceptors (Lipinski definition) is 5. The number of rotatable bonds is 3. The molecule has 1 aromatic carbocycles. The van der Waals surface area contributed by atoms with Crippen LogP contribution in [0.4, 0.5) is 11.5 Å². The summed E-state index contributed by atoms with van der Waals surface area (Å²) in [7, 11) is -3.32. The lowest BCUT2D eigenvalue weighted by Crippen LogP contribution is -2.37. The van der Waals surface area contributed by atoms with Crippen molar-refractivity contribution in [1.82, 2.24) is 5.16 Å². The molecule has 1 aromatic heterocycles. The van der Waals surface area contributed by atoms with Crippen LogP contribution < -0.4 is 9.62 Å². The molecule has 3 rings (SSSR count). The second-order valence-electron chi connectivity index (χ2n) is 5.10. The Bertz CT molecular complexity index is 821. The number of benzene rings is 1. The fraction of sp³-hybridized carbons (Fsp3) is 0.286. The van der Waals surface area contributed by atoms with E-state index in [1.165, 1.54) is 28.8 Å². The maximum Gasteiger partial charge on any atom is 0.258 e. The average Bonchev–Trinajstić information content (AvgIpc) is 2.99. The van der Waals surface area contributed by atoms with Crippen LogP contribution in [0.25, 0.3) is 0 Å². The van der Waals surface area contributed by atoms with Crippen LogP contribution in [0.1, 0.15) is 23.2 Å². The second-order valence-corrected chi connectivity index (χ2v) is 7.52. The van der Waals surface area contributed by atoms with E-state index in [2.05, 4.69) is 15.0 Å². The average molecular weight is 356 g/mol. The highest BCUT2D eigenvalue weighted by Gasteiger charge is 2.26. The minimum absolute atomic E-state index is 0.124. The van der Waals surface area contributed by atoms with Gasteiger partial charge in [-0.3, -0.25) is 9.10 Å². The van der Waals surface area contributed by atoms with E-state index in [-0.39, 0.29) is 22.2 Å². The highest BCUT2D eigenvalue weighted by Crippen LogP contribution is 2.28. The Morgan fingerprint density at radius 2 is 2.13 bits per heavy atom. The molecular formula is C14H14ClN3O4S. The highest BCUT2D eigenvalue weighted by atomic mass is 35.5. The van der Waals surface area contributed by atoms with Crippen LogP contribution in [-0.4, -0.2) is 31.8 Å². The van der Waals surface area contributed by atoms with Crippen LogP contribution in [0.5, 0.6) is 0 Å². The first-order chi connectivity index (χ1) is 11.0. The number of anilines is 2. The molecule has 2 aromatic rings. The second kappa shape index (κ2) is 6.21. The number of carbonyl (C=O) groups is 1. The van der Waals surface area contributed by atoms with Gasteiger partial charge in [-0.15, -0.1) is 0 Å². The van der Waals surface area contributed by atoms with Crippen molar-refractivity contribution in [3.63, 3.8) is 0 Å². The smallest absolute Gasteiger partial charge is 0.258 e. The standard InChI is InChI=1S/C14H14ClN3O4S/c15-12-9-10(18-6-1-2-8-23(18,20)21)3-4-11(12)14(19)16-13-5-7-22-17-13/h3-5,7,9H,1-2,6,8H2,(H,16,17,19). The predicted molar refractivity (Wildman–Crippen MR) is 86.3 cm³/mol. The zero-order chi connectivity index (χ0) is 16.4. The molecule has 0 unspecified atom stereocenters. The molecule has 0 saturated carbocycles. The van der Waals surface area contributed by atoms with Gasteiger partial charge in [0.2, 0.25) is 10.0 Å². The summed E-state index contributed by atoms with van der Waals surface area (Å²) in [6.07, 6.45) is 2.79. The van der Waals surface area contributed by atoms with E-state index in [4.69, 9.17) is 11.6 Å². The monoisotopic (exact) mass is 355 g/mol. The van der Waals surface area contributed by atoms with Gasteiger partial charge in [0, 0.05) is 12.6 Å². The molecule has 1 saturated heterocycles. The lowest BCUT2D eigenvalue weighted by molar-refractivity contribution is 0.102. The molecule has 2 heterocycles. The van der Waals surface area contributed by atoms with Crippen LogP contribution in [-0.2, 0) is 10.0 Å². The quantitative estimate of drug-likeness (QED) is 0.913. The minimum atomic E-state index is -3.32. The Balaban J connectivity index is 1.84. The Labute approximate surface area is 138 Å². The number of aromatic nitrogens is 1. The van der Waals surface area contributed by atoms with Crippen LogP contribution in [0.3, 0.4) is 0 Å². The normalized spacial score (nSPS) is 17.0. The number of carbonyl (C=O) groups excluding carboxylic acids is 1. The first-order valence-corrected chi connectivity index (χ1v) is 8.98. The summed E-state index contributed by atoms with van der Waals surface area (Å²) in [6, 6.07) is 6.06. The summed E-state index contributed by atoms with van der Waals surface area (Å²) in [5.74, 6) is -0.0513. The number of sulfonamides is 1. The summed E-state index contributed by atoms with van der Waals surface area (Å²) in [6.45, 7) is 0.420. The Morgan fingerprint density at radius 3 is 2.78 bits per heavy atom. The molecule has 1 fully saturated rings. The summed E-state index contributed by atoms with van der Waals surface area (Å²) >= 11 is 6.15. The third-order valence-electron chi connectivity index (χ3n) is 3.51. The third kappa shape index (κ3) is 3.32. The lowest BCUT2D eigenvalue weighted by atomic mass is 10.2. The van der Waals surface area contributed by atoms with Gasteiger partial charge >= 0.3 is 0 Å². The molecule has 9 heteroatoms. The molecular weight excluding hydrogens is 342 g/mol. The van der Waals surface area contributed by atoms with Gasteiger partial charge in [-0.2, -0.15) is 0 Å². The van der Waals surface area contributed by atoms with Crippen molar-refractivity contribution in [2.75, 3.05) is 21.9 Å². The molecule has 0 spiro atoms. The predicted octanol–water partition coefficient (Wildman–Crippen LogP) is 2.51. The van der Waals surface area contributed by atoms with Crippen LogP contribution >= 0.6 is 11.6 Å². The zero-order valence-corrected chi connectivity index (χ0v) is 13.6. The number of halogens is 1. The van der Waals surface area contributed by atoms with E-state index in [9.17, 15) is 13.2 Å². The van der Waals surface area contributed by atoms with E-state index < -0.39 is 15.9 Å². The third-order valence-corrected chi connectivity index (χ3v) is 5.70. The molecule has 1 aliphatic rings. The van der Waals surface area contributed by atoms with Crippen molar-refractivity contribution >= 4 is 39.0 Å². The number of amides is 1. The Morgan fingerprint density at radius 1 is 1.30 bits per heavy atom. The van der Waals surface area contributed by atoms with Crippen molar-refractivity contribution in [2.45, 2.75) is 12.8 Å². The minimum Gasteiger partial charge on any atom is -0.363 e. The van der Waals surface area contributed by atoms with Gasteiger partial charge in [-0.25, -0.2) is 8.42 Å². The zero-order valence-electron chi connectivity index (χ0n) is 12.0. The van der Waals surface area contributed by atoms with E-state index in [1.807, 2.05) is 0 Å². The highest BCUT2D eigenvalue weighted by molar-refractivity contribution is 7.92. The fourth-order valence-electron chi connectivity index (χ4n) is 2.38. The molecule has 0 radical (unpaired) electrons. The largest absolute Gasteiger partial charge is 0.363 e. The lowest BCUT2D eigenvalue weighted by Gasteiger charge is -2.28. The van der Waals surface area contributed by atoms with Crippen molar-refractivity contribution in [3.05, 3.63) is 41.1 Å². The molecule has 1 aliphatic heterocycles. The molecule has 0 aliphatic carbocycles. The van der Waals surface area contributed by atoms with Crippen molar-refractivity contribution in [2.24, 2.45) is 0 Å². The molecule has 23 heavy (non-hydrogen) atoms. The molecule has 1 N–H and O–H groups in total. The summed E-state index contributed by atoms with van der Waals surface area (Å²) in [4.78, 5) is 12.1. The number of nitrogens with one attached hydrogen (secondary N) is 1. The van der Waals surface area contributed by atoms with E-state index >= 15 is 0 Å². The molecule has 0 atom stereocenters. The van der Waals surface area contributed by atoms with Crippen molar-refractivity contribution in [3.8, 4) is 0 Å². The van der Waals surface area contributed by atoms with Crippen molar-refractivity contribution < 1.29 is 17.7 Å². The van der Waals surface area contributed by atoms with Gasteiger partial charge in [0.1, 0.15) is 6.26 Å². The fourth-order valence-corrected chi connectivity index (χ4v) is 4.27. The maximum absolute atomic E-state index is 12.1. The molecule has 7 nitrogen and oxygen atoms in total. The van der Waals surface area contributed by atoms with Crippen LogP contribution in [0.2, 0.25) is 5.02 Å². The van der Waals surface area contributed by atoms with Crippen LogP contribution in [0, 0.1) is 0 Å². The van der Waals surface area contributed by atoms with Gasteiger partial charge in [-0.1, -0.05) is 16.8 Å². The number of nitrogens with zero attached hydrogens (tertiary/aromatic N) is 2. The Kier molecular flexibility index (Phi) is 4.27. The van der Waals surface area contributed by atoms with Crippen LogP contribution in [0.15, 0.2) is 35.1 Å². The first kappa shape index (κ1) is 15.8. The van der Waals surface area contributed by atoms with Gasteiger partial charge in [0.15, 0.2) is 5.82 Å². The first-order valence-electron chi connectivity index (χ1n) is 6.99. The molecule has 0 bridgehead atoms. The topological polar surface area (TPSA) is 92.5 Å². The number of hydrogen-bond donors (Lipinski definition) is 1. The maximum atomic E-state index is 12.1. The van der Waals surface area contributed by atoms with Gasteiger partial charge in [0.05, 0.1) is 22.0 Å². The summed E-state index contributed by atoms with van der Waals surface area (Å²) in [5.41, 5.74) is 0.695. The van der Waals surface area contributed by atoms with E-state index in [0.29, 0.717) is 18.7 Å². The van der Waals surface area contributed by atoms with E-state index in [0.717, 1.165) is 6.42 Å². The molecule has 122 valence electrons. The van der Waals surface area contributed by atoms with Gasteiger partial charge < -0.3 is 9.84 Å². The van der Waals surface area contributed by atoms with E-state index in [1.54, 1.807) is 6.07 Å². The molecule has 1 amide bonds. The van der Waals surface area contributed by atoms with Crippen molar-refractivity contribution in [1.29, 1.82) is 0 Å². The van der Waals surface area contributed by atoms with Gasteiger partial charge in [-0.05, 0) is 31.0 Å². The summed E-state index contributed by atoms with van der Waals surface area (Å²) in [5, 5.41) is 6.29.